The zero-order valence-electron chi connectivity index (χ0n) is 15.7. The molecule has 2 N–H and O–H groups in total. The molecular formula is C24H21NO2S. The Morgan fingerprint density at radius 2 is 1.82 bits per heavy atom. The van der Waals surface area contributed by atoms with E-state index in [1.807, 2.05) is 17.8 Å². The van der Waals surface area contributed by atoms with Crippen LogP contribution in [0.15, 0.2) is 52.3 Å². The Hall–Kier alpha value is -2.43. The minimum Gasteiger partial charge on any atom is -0.504 e. The fraction of sp³-hybridized carbons (Fsp3) is 0.250. The number of hydrogen-bond acceptors (Lipinski definition) is 4. The average Bonchev–Trinajstić information content (AvgIpc) is 2.71. The number of phenols is 2. The standard InChI is InChI=1S/C24H21NO2S/c1-25-9-8-15-12-20-16(10-13-4-2-3-5-19(13)28-20)23-21(15)17(25)11-14-6-7-18(26)24(27)22(14)23/h2-7,12,17,26-27H,8-11H2,1H3/t17-/m1/s1. The largest absolute Gasteiger partial charge is 0.504 e. The predicted octanol–water partition coefficient (Wildman–Crippen LogP) is 4.91. The smallest absolute Gasteiger partial charge is 0.165 e. The lowest BCUT2D eigenvalue weighted by Gasteiger charge is -2.42. The van der Waals surface area contributed by atoms with Gasteiger partial charge in [-0.25, -0.2) is 0 Å². The van der Waals surface area contributed by atoms with Crippen molar-refractivity contribution in [3.63, 3.8) is 0 Å². The van der Waals surface area contributed by atoms with Gasteiger partial charge in [0.15, 0.2) is 11.5 Å². The molecule has 2 heterocycles. The molecule has 0 saturated heterocycles. The molecule has 140 valence electrons. The molecular weight excluding hydrogens is 366 g/mol. The van der Waals surface area contributed by atoms with Gasteiger partial charge in [0.1, 0.15) is 0 Å². The minimum atomic E-state index is -0.0309. The Morgan fingerprint density at radius 3 is 2.71 bits per heavy atom. The fourth-order valence-electron chi connectivity index (χ4n) is 5.18. The summed E-state index contributed by atoms with van der Waals surface area (Å²) in [5.41, 5.74) is 8.54. The number of rotatable bonds is 0. The number of benzene rings is 3. The third-order valence-electron chi connectivity index (χ3n) is 6.58. The monoisotopic (exact) mass is 387 g/mol. The van der Waals surface area contributed by atoms with Crippen molar-refractivity contribution in [1.82, 2.24) is 4.90 Å². The van der Waals surface area contributed by atoms with E-state index < -0.39 is 0 Å². The Bertz CT molecular complexity index is 1150. The highest BCUT2D eigenvalue weighted by Crippen LogP contribution is 2.55. The highest BCUT2D eigenvalue weighted by atomic mass is 32.2. The molecule has 0 spiro atoms. The molecule has 0 radical (unpaired) electrons. The molecule has 4 heteroatoms. The zero-order valence-corrected chi connectivity index (χ0v) is 16.5. The van der Waals surface area contributed by atoms with Crippen molar-refractivity contribution in [3.05, 3.63) is 70.3 Å². The summed E-state index contributed by atoms with van der Waals surface area (Å²) >= 11 is 1.84. The second-order valence-corrected chi connectivity index (χ2v) is 9.19. The van der Waals surface area contributed by atoms with Crippen molar-refractivity contribution in [2.24, 2.45) is 0 Å². The van der Waals surface area contributed by atoms with Crippen LogP contribution >= 0.6 is 11.8 Å². The SMILES string of the molecule is CN1CCc2cc3c(c4c2[C@H]1Cc1ccc(O)c(O)c1-4)Cc1ccccc1S3. The van der Waals surface area contributed by atoms with Crippen LogP contribution in [0.3, 0.4) is 0 Å². The molecule has 0 unspecified atom stereocenters. The first-order valence-corrected chi connectivity index (χ1v) is 10.6. The summed E-state index contributed by atoms with van der Waals surface area (Å²) in [4.78, 5) is 5.06. The van der Waals surface area contributed by atoms with Gasteiger partial charge in [0.2, 0.25) is 0 Å². The Kier molecular flexibility index (Phi) is 3.41. The topological polar surface area (TPSA) is 43.7 Å². The Labute approximate surface area is 168 Å². The first-order valence-electron chi connectivity index (χ1n) is 9.80. The minimum absolute atomic E-state index is 0.0309. The molecule has 1 aliphatic carbocycles. The van der Waals surface area contributed by atoms with Crippen molar-refractivity contribution in [2.45, 2.75) is 35.1 Å². The maximum absolute atomic E-state index is 10.9. The van der Waals surface area contributed by atoms with Crippen molar-refractivity contribution in [1.29, 1.82) is 0 Å². The van der Waals surface area contributed by atoms with E-state index in [0.29, 0.717) is 6.04 Å². The van der Waals surface area contributed by atoms with E-state index in [4.69, 9.17) is 0 Å². The number of fused-ring (bicyclic) bond motifs is 5. The average molecular weight is 388 g/mol. The third-order valence-corrected chi connectivity index (χ3v) is 7.79. The van der Waals surface area contributed by atoms with Gasteiger partial charge in [-0.15, -0.1) is 0 Å². The third kappa shape index (κ3) is 2.16. The van der Waals surface area contributed by atoms with E-state index in [0.717, 1.165) is 36.9 Å². The predicted molar refractivity (Wildman–Crippen MR) is 111 cm³/mol. The molecule has 3 aromatic rings. The van der Waals surface area contributed by atoms with Gasteiger partial charge in [0, 0.05) is 34.4 Å². The summed E-state index contributed by atoms with van der Waals surface area (Å²) in [6.07, 6.45) is 2.77. The zero-order chi connectivity index (χ0) is 19.0. The van der Waals surface area contributed by atoms with Gasteiger partial charge >= 0.3 is 0 Å². The van der Waals surface area contributed by atoms with E-state index in [1.165, 1.54) is 37.6 Å². The van der Waals surface area contributed by atoms with E-state index >= 15 is 0 Å². The number of likely N-dealkylation sites (N-methyl/N-ethyl adjacent to an activating group) is 1. The molecule has 0 fully saturated rings. The summed E-state index contributed by atoms with van der Waals surface area (Å²) < 4.78 is 0. The van der Waals surface area contributed by atoms with Gasteiger partial charge in [-0.3, -0.25) is 4.90 Å². The van der Waals surface area contributed by atoms with Crippen LogP contribution in [-0.2, 0) is 19.3 Å². The maximum Gasteiger partial charge on any atom is 0.165 e. The number of nitrogens with zero attached hydrogens (tertiary/aromatic N) is 1. The highest BCUT2D eigenvalue weighted by Gasteiger charge is 2.37. The molecule has 0 saturated carbocycles. The van der Waals surface area contributed by atoms with Crippen molar-refractivity contribution in [3.8, 4) is 22.6 Å². The first-order chi connectivity index (χ1) is 13.6. The summed E-state index contributed by atoms with van der Waals surface area (Å²) in [5, 5.41) is 21.1. The van der Waals surface area contributed by atoms with Gasteiger partial charge in [-0.05, 0) is 71.5 Å². The fourth-order valence-corrected chi connectivity index (χ4v) is 6.33. The van der Waals surface area contributed by atoms with Crippen LogP contribution in [0, 0.1) is 0 Å². The summed E-state index contributed by atoms with van der Waals surface area (Å²) in [6.45, 7) is 1.05. The number of hydrogen-bond donors (Lipinski definition) is 2. The second-order valence-electron chi connectivity index (χ2n) is 8.11. The first kappa shape index (κ1) is 16.5. The molecule has 1 atom stereocenters. The van der Waals surface area contributed by atoms with E-state index in [2.05, 4.69) is 42.3 Å². The lowest BCUT2D eigenvalue weighted by Crippen LogP contribution is -2.36. The normalized spacial score (nSPS) is 19.4. The van der Waals surface area contributed by atoms with Gasteiger partial charge in [0.05, 0.1) is 0 Å². The van der Waals surface area contributed by atoms with Crippen LogP contribution in [0.25, 0.3) is 11.1 Å². The summed E-state index contributed by atoms with van der Waals surface area (Å²) in [6, 6.07) is 14.9. The summed E-state index contributed by atoms with van der Waals surface area (Å²) in [5.74, 6) is 0.000199. The number of phenolic OH excluding ortho intramolecular Hbond substituents is 2. The lowest BCUT2D eigenvalue weighted by atomic mass is 9.74. The second kappa shape index (κ2) is 5.79. The van der Waals surface area contributed by atoms with Crippen LogP contribution in [0.5, 0.6) is 11.5 Å². The summed E-state index contributed by atoms with van der Waals surface area (Å²) in [7, 11) is 2.20. The van der Waals surface area contributed by atoms with Gasteiger partial charge in [-0.2, -0.15) is 0 Å². The van der Waals surface area contributed by atoms with Gasteiger partial charge < -0.3 is 10.2 Å². The van der Waals surface area contributed by atoms with Gasteiger partial charge in [0.25, 0.3) is 0 Å². The Balaban J connectivity index is 1.69. The van der Waals surface area contributed by atoms with Crippen molar-refractivity contribution in [2.75, 3.05) is 13.6 Å². The van der Waals surface area contributed by atoms with E-state index in [1.54, 1.807) is 6.07 Å². The lowest BCUT2D eigenvalue weighted by molar-refractivity contribution is 0.227. The molecule has 28 heavy (non-hydrogen) atoms. The van der Waals surface area contributed by atoms with E-state index in [9.17, 15) is 10.2 Å². The van der Waals surface area contributed by atoms with Crippen LogP contribution < -0.4 is 0 Å². The molecule has 3 aliphatic rings. The van der Waals surface area contributed by atoms with Crippen LogP contribution in [0.4, 0.5) is 0 Å². The molecule has 2 aliphatic heterocycles. The molecule has 0 bridgehead atoms. The van der Waals surface area contributed by atoms with Crippen molar-refractivity contribution >= 4 is 11.8 Å². The molecule has 0 aromatic heterocycles. The number of aromatic hydroxyl groups is 2. The molecule has 0 amide bonds. The maximum atomic E-state index is 10.9. The van der Waals surface area contributed by atoms with Crippen LogP contribution in [0.2, 0.25) is 0 Å². The van der Waals surface area contributed by atoms with Crippen LogP contribution in [0.1, 0.15) is 33.9 Å². The molecule has 3 aromatic carbocycles. The van der Waals surface area contributed by atoms with Crippen LogP contribution in [-0.4, -0.2) is 28.7 Å². The molecule has 3 nitrogen and oxygen atoms in total. The quantitative estimate of drug-likeness (QED) is 0.421. The van der Waals surface area contributed by atoms with Crippen molar-refractivity contribution < 1.29 is 10.2 Å². The highest BCUT2D eigenvalue weighted by molar-refractivity contribution is 7.99. The Morgan fingerprint density at radius 1 is 0.964 bits per heavy atom. The van der Waals surface area contributed by atoms with Gasteiger partial charge in [-0.1, -0.05) is 36.0 Å². The molecule has 6 rings (SSSR count). The van der Waals surface area contributed by atoms with E-state index in [-0.39, 0.29) is 11.5 Å².